The molecule has 0 amide bonds. The van der Waals surface area contributed by atoms with Crippen molar-refractivity contribution in [2.45, 2.75) is 39.5 Å². The molecular formula is C10H18. The molecule has 0 unspecified atom stereocenters. The highest BCUT2D eigenvalue weighted by atomic mass is 14.3. The van der Waals surface area contributed by atoms with Gasteiger partial charge in [0.15, 0.2) is 0 Å². The van der Waals surface area contributed by atoms with Crippen molar-refractivity contribution < 1.29 is 0 Å². The molecule has 0 radical (unpaired) electrons. The van der Waals surface area contributed by atoms with Crippen molar-refractivity contribution >= 4 is 0 Å². The zero-order valence-electron chi connectivity index (χ0n) is 7.19. The summed E-state index contributed by atoms with van der Waals surface area (Å²) in [6, 6.07) is 0. The van der Waals surface area contributed by atoms with Crippen molar-refractivity contribution in [3.05, 3.63) is 12.7 Å². The van der Waals surface area contributed by atoms with Gasteiger partial charge in [0, 0.05) is 0 Å². The Morgan fingerprint density at radius 1 is 1.50 bits per heavy atom. The first-order valence-corrected chi connectivity index (χ1v) is 4.25. The first kappa shape index (κ1) is 7.84. The van der Waals surface area contributed by atoms with Gasteiger partial charge in [0.1, 0.15) is 0 Å². The third-order valence-electron chi connectivity index (χ3n) is 2.24. The summed E-state index contributed by atoms with van der Waals surface area (Å²) in [5, 5.41) is 0. The van der Waals surface area contributed by atoms with E-state index >= 15 is 0 Å². The Hall–Kier alpha value is -0.260. The average molecular weight is 138 g/mol. The Morgan fingerprint density at radius 3 is 2.50 bits per heavy atom. The summed E-state index contributed by atoms with van der Waals surface area (Å²) in [5.41, 5.74) is 0.517. The average Bonchev–Trinajstić information content (AvgIpc) is 2.48. The van der Waals surface area contributed by atoms with Crippen LogP contribution in [0.1, 0.15) is 39.5 Å². The normalized spacial score (nSPS) is 19.0. The molecule has 0 aromatic heterocycles. The van der Waals surface area contributed by atoms with E-state index in [1.807, 2.05) is 6.08 Å². The van der Waals surface area contributed by atoms with E-state index in [0.717, 1.165) is 5.92 Å². The third kappa shape index (κ3) is 2.55. The van der Waals surface area contributed by atoms with Gasteiger partial charge in [-0.15, -0.1) is 6.58 Å². The predicted octanol–water partition coefficient (Wildman–Crippen LogP) is 3.39. The maximum Gasteiger partial charge on any atom is -0.0302 e. The topological polar surface area (TPSA) is 0 Å². The molecule has 0 atom stereocenters. The van der Waals surface area contributed by atoms with Crippen LogP contribution in [-0.2, 0) is 0 Å². The summed E-state index contributed by atoms with van der Waals surface area (Å²) >= 11 is 0. The molecule has 0 aromatic rings. The van der Waals surface area contributed by atoms with E-state index in [2.05, 4.69) is 20.4 Å². The van der Waals surface area contributed by atoms with Gasteiger partial charge in [0.25, 0.3) is 0 Å². The standard InChI is InChI=1S/C10H18/c1-4-7-10(2,3)8-9-5-6-9/h4,9H,1,5-8H2,2-3H3. The van der Waals surface area contributed by atoms with Crippen molar-refractivity contribution in [3.8, 4) is 0 Å². The summed E-state index contributed by atoms with van der Waals surface area (Å²) in [6.07, 6.45) is 7.56. The van der Waals surface area contributed by atoms with E-state index in [0.29, 0.717) is 5.41 Å². The fourth-order valence-electron chi connectivity index (χ4n) is 1.58. The van der Waals surface area contributed by atoms with Crippen LogP contribution in [0.5, 0.6) is 0 Å². The van der Waals surface area contributed by atoms with Crippen LogP contribution in [0.25, 0.3) is 0 Å². The van der Waals surface area contributed by atoms with Crippen molar-refractivity contribution in [1.82, 2.24) is 0 Å². The van der Waals surface area contributed by atoms with E-state index < -0.39 is 0 Å². The number of allylic oxidation sites excluding steroid dienone is 1. The van der Waals surface area contributed by atoms with Gasteiger partial charge >= 0.3 is 0 Å². The van der Waals surface area contributed by atoms with E-state index in [1.54, 1.807) is 0 Å². The minimum absolute atomic E-state index is 0.517. The van der Waals surface area contributed by atoms with Crippen molar-refractivity contribution in [2.24, 2.45) is 11.3 Å². The fraction of sp³-hybridized carbons (Fsp3) is 0.800. The Kier molecular flexibility index (Phi) is 2.18. The monoisotopic (exact) mass is 138 g/mol. The molecule has 1 fully saturated rings. The third-order valence-corrected chi connectivity index (χ3v) is 2.24. The summed E-state index contributed by atoms with van der Waals surface area (Å²) in [5.74, 6) is 1.05. The zero-order chi connectivity index (χ0) is 7.61. The van der Waals surface area contributed by atoms with Gasteiger partial charge in [-0.05, 0) is 24.2 Å². The van der Waals surface area contributed by atoms with Crippen molar-refractivity contribution in [1.29, 1.82) is 0 Å². The molecule has 1 aliphatic rings. The second kappa shape index (κ2) is 2.77. The lowest BCUT2D eigenvalue weighted by molar-refractivity contribution is 0.319. The lowest BCUT2D eigenvalue weighted by Gasteiger charge is -2.22. The van der Waals surface area contributed by atoms with Gasteiger partial charge in [-0.25, -0.2) is 0 Å². The summed E-state index contributed by atoms with van der Waals surface area (Å²) in [7, 11) is 0. The number of hydrogen-bond donors (Lipinski definition) is 0. The first-order chi connectivity index (χ1) is 4.64. The Balaban J connectivity index is 2.25. The summed E-state index contributed by atoms with van der Waals surface area (Å²) in [6.45, 7) is 8.45. The maximum atomic E-state index is 3.77. The molecule has 0 aromatic carbocycles. The van der Waals surface area contributed by atoms with Crippen LogP contribution in [0, 0.1) is 11.3 Å². The lowest BCUT2D eigenvalue weighted by atomic mass is 9.84. The molecule has 1 saturated carbocycles. The van der Waals surface area contributed by atoms with Crippen LogP contribution in [0.2, 0.25) is 0 Å². The molecule has 0 heterocycles. The Morgan fingerprint density at radius 2 is 2.10 bits per heavy atom. The van der Waals surface area contributed by atoms with Crippen LogP contribution >= 0.6 is 0 Å². The van der Waals surface area contributed by atoms with Gasteiger partial charge in [0.2, 0.25) is 0 Å². The fourth-order valence-corrected chi connectivity index (χ4v) is 1.58. The molecule has 0 spiro atoms. The van der Waals surface area contributed by atoms with Gasteiger partial charge in [0.05, 0.1) is 0 Å². The highest BCUT2D eigenvalue weighted by Gasteiger charge is 2.28. The molecule has 58 valence electrons. The van der Waals surface area contributed by atoms with Gasteiger partial charge in [-0.1, -0.05) is 32.8 Å². The maximum absolute atomic E-state index is 3.77. The second-order valence-electron chi connectivity index (χ2n) is 4.30. The number of hydrogen-bond acceptors (Lipinski definition) is 0. The van der Waals surface area contributed by atoms with Crippen LogP contribution in [0.15, 0.2) is 12.7 Å². The van der Waals surface area contributed by atoms with Crippen molar-refractivity contribution in [3.63, 3.8) is 0 Å². The Bertz CT molecular complexity index is 118. The predicted molar refractivity (Wildman–Crippen MR) is 45.9 cm³/mol. The van der Waals surface area contributed by atoms with Gasteiger partial charge < -0.3 is 0 Å². The van der Waals surface area contributed by atoms with Crippen LogP contribution in [-0.4, -0.2) is 0 Å². The molecule has 1 aliphatic carbocycles. The molecule has 0 bridgehead atoms. The van der Waals surface area contributed by atoms with Gasteiger partial charge in [-0.2, -0.15) is 0 Å². The van der Waals surface area contributed by atoms with Crippen LogP contribution in [0.3, 0.4) is 0 Å². The molecule has 1 rings (SSSR count). The molecule has 0 heteroatoms. The van der Waals surface area contributed by atoms with Crippen LogP contribution < -0.4 is 0 Å². The smallest absolute Gasteiger partial charge is 0.0302 e. The van der Waals surface area contributed by atoms with Crippen LogP contribution in [0.4, 0.5) is 0 Å². The van der Waals surface area contributed by atoms with E-state index in [9.17, 15) is 0 Å². The summed E-state index contributed by atoms with van der Waals surface area (Å²) in [4.78, 5) is 0. The molecule has 0 nitrogen and oxygen atoms in total. The lowest BCUT2D eigenvalue weighted by Crippen LogP contribution is -2.10. The zero-order valence-corrected chi connectivity index (χ0v) is 7.19. The van der Waals surface area contributed by atoms with E-state index in [-0.39, 0.29) is 0 Å². The minimum atomic E-state index is 0.517. The minimum Gasteiger partial charge on any atom is -0.103 e. The van der Waals surface area contributed by atoms with E-state index in [4.69, 9.17) is 0 Å². The molecule has 10 heavy (non-hydrogen) atoms. The SMILES string of the molecule is C=CCC(C)(C)CC1CC1. The first-order valence-electron chi connectivity index (χ1n) is 4.25. The molecule has 0 saturated heterocycles. The molecule has 0 N–H and O–H groups in total. The highest BCUT2D eigenvalue weighted by Crippen LogP contribution is 2.41. The highest BCUT2D eigenvalue weighted by molar-refractivity contribution is 4.85. The molecule has 0 aliphatic heterocycles. The molecular weight excluding hydrogens is 120 g/mol. The van der Waals surface area contributed by atoms with Crippen molar-refractivity contribution in [2.75, 3.05) is 0 Å². The summed E-state index contributed by atoms with van der Waals surface area (Å²) < 4.78 is 0. The van der Waals surface area contributed by atoms with Gasteiger partial charge in [-0.3, -0.25) is 0 Å². The van der Waals surface area contributed by atoms with E-state index in [1.165, 1.54) is 25.7 Å². The quantitative estimate of drug-likeness (QED) is 0.522. The number of rotatable bonds is 4. The second-order valence-corrected chi connectivity index (χ2v) is 4.30. The Labute approximate surface area is 64.3 Å². The largest absolute Gasteiger partial charge is 0.103 e.